The highest BCUT2D eigenvalue weighted by atomic mass is 16.8. The summed E-state index contributed by atoms with van der Waals surface area (Å²) in [7, 11) is 0. The molecule has 0 aromatic heterocycles. The van der Waals surface area contributed by atoms with E-state index in [2.05, 4.69) is 24.3 Å². The van der Waals surface area contributed by atoms with E-state index < -0.39 is 11.2 Å². The average molecular weight is 346 g/mol. The Morgan fingerprint density at radius 3 is 2.40 bits per heavy atom. The van der Waals surface area contributed by atoms with Crippen molar-refractivity contribution in [2.24, 2.45) is 5.41 Å². The first-order valence-corrected chi connectivity index (χ1v) is 9.45. The molecule has 1 aromatic carbocycles. The molecule has 1 saturated heterocycles. The highest BCUT2D eigenvalue weighted by molar-refractivity contribution is 5.75. The van der Waals surface area contributed by atoms with Crippen molar-refractivity contribution in [3.05, 3.63) is 35.9 Å². The van der Waals surface area contributed by atoms with E-state index in [9.17, 15) is 4.79 Å². The second-order valence-corrected chi connectivity index (χ2v) is 8.29. The summed E-state index contributed by atoms with van der Waals surface area (Å²) in [5.41, 5.74) is 0.784. The van der Waals surface area contributed by atoms with Crippen molar-refractivity contribution in [3.63, 3.8) is 0 Å². The van der Waals surface area contributed by atoms with Crippen molar-refractivity contribution < 1.29 is 19.0 Å². The van der Waals surface area contributed by atoms with E-state index in [-0.39, 0.29) is 18.2 Å². The predicted molar refractivity (Wildman–Crippen MR) is 96.1 cm³/mol. The Balaban J connectivity index is 1.61. The lowest BCUT2D eigenvalue weighted by Gasteiger charge is -2.22. The fourth-order valence-corrected chi connectivity index (χ4v) is 3.63. The third-order valence-electron chi connectivity index (χ3n) is 5.04. The zero-order valence-corrected chi connectivity index (χ0v) is 15.6. The van der Waals surface area contributed by atoms with Gasteiger partial charge >= 0.3 is 5.97 Å². The van der Waals surface area contributed by atoms with E-state index in [1.165, 1.54) is 5.56 Å². The van der Waals surface area contributed by atoms with Crippen molar-refractivity contribution in [3.8, 4) is 0 Å². The second-order valence-electron chi connectivity index (χ2n) is 8.29. The van der Waals surface area contributed by atoms with Gasteiger partial charge in [-0.1, -0.05) is 30.3 Å². The maximum atomic E-state index is 12.0. The molecule has 2 unspecified atom stereocenters. The number of hydrogen-bond acceptors (Lipinski definition) is 4. The molecule has 2 atom stereocenters. The Kier molecular flexibility index (Phi) is 5.49. The molecule has 138 valence electrons. The molecule has 0 amide bonds. The molecule has 25 heavy (non-hydrogen) atoms. The number of esters is 1. The number of ether oxygens (including phenoxy) is 3. The first kappa shape index (κ1) is 18.4. The summed E-state index contributed by atoms with van der Waals surface area (Å²) >= 11 is 0. The van der Waals surface area contributed by atoms with E-state index in [1.807, 2.05) is 26.8 Å². The predicted octanol–water partition coefficient (Wildman–Crippen LogP) is 4.26. The molecular weight excluding hydrogens is 316 g/mol. The quantitative estimate of drug-likeness (QED) is 0.747. The van der Waals surface area contributed by atoms with E-state index in [0.29, 0.717) is 13.0 Å². The van der Waals surface area contributed by atoms with E-state index in [0.717, 1.165) is 32.1 Å². The summed E-state index contributed by atoms with van der Waals surface area (Å²) in [6, 6.07) is 10.4. The van der Waals surface area contributed by atoms with Crippen LogP contribution >= 0.6 is 0 Å². The molecule has 3 rings (SSSR count). The van der Waals surface area contributed by atoms with Gasteiger partial charge in [-0.05, 0) is 39.2 Å². The minimum Gasteiger partial charge on any atom is -0.465 e. The molecule has 1 saturated carbocycles. The van der Waals surface area contributed by atoms with Crippen molar-refractivity contribution in [1.82, 2.24) is 0 Å². The molecule has 4 heteroatoms. The minimum absolute atomic E-state index is 0.0221. The number of benzene rings is 1. The van der Waals surface area contributed by atoms with Crippen LogP contribution in [-0.2, 0) is 25.4 Å². The fourth-order valence-electron chi connectivity index (χ4n) is 3.63. The molecular formula is C21H30O4. The maximum Gasteiger partial charge on any atom is 0.311 e. The van der Waals surface area contributed by atoms with Crippen LogP contribution in [0.5, 0.6) is 0 Å². The number of carbonyl (C=O) groups is 1. The molecule has 0 radical (unpaired) electrons. The number of hydrogen-bond donors (Lipinski definition) is 0. The highest BCUT2D eigenvalue weighted by Crippen LogP contribution is 2.43. The Morgan fingerprint density at radius 1 is 1.12 bits per heavy atom. The lowest BCUT2D eigenvalue weighted by Crippen LogP contribution is -2.29. The normalized spacial score (nSPS) is 25.4. The van der Waals surface area contributed by atoms with Gasteiger partial charge in [0, 0.05) is 25.7 Å². The summed E-state index contributed by atoms with van der Waals surface area (Å²) in [5, 5.41) is 0. The molecule has 1 spiro atoms. The Hall–Kier alpha value is -1.39. The highest BCUT2D eigenvalue weighted by Gasteiger charge is 2.48. The molecule has 0 N–H and O–H groups in total. The summed E-state index contributed by atoms with van der Waals surface area (Å²) in [6.45, 7) is 5.99. The molecule has 2 aliphatic rings. The van der Waals surface area contributed by atoms with Gasteiger partial charge in [-0.3, -0.25) is 4.79 Å². The fraction of sp³-hybridized carbons (Fsp3) is 0.667. The lowest BCUT2D eigenvalue weighted by molar-refractivity contribution is -0.171. The summed E-state index contributed by atoms with van der Waals surface area (Å²) in [4.78, 5) is 12.0. The van der Waals surface area contributed by atoms with Crippen molar-refractivity contribution in [1.29, 1.82) is 0 Å². The van der Waals surface area contributed by atoms with Crippen molar-refractivity contribution in [2.75, 3.05) is 6.61 Å². The van der Waals surface area contributed by atoms with Crippen LogP contribution in [0.15, 0.2) is 30.3 Å². The maximum absolute atomic E-state index is 12.0. The van der Waals surface area contributed by atoms with E-state index >= 15 is 0 Å². The summed E-state index contributed by atoms with van der Waals surface area (Å²) < 4.78 is 18.2. The van der Waals surface area contributed by atoms with Crippen LogP contribution in [0.2, 0.25) is 0 Å². The van der Waals surface area contributed by atoms with Crippen LogP contribution in [0, 0.1) is 5.41 Å². The van der Waals surface area contributed by atoms with Gasteiger partial charge in [-0.2, -0.15) is 0 Å². The van der Waals surface area contributed by atoms with Crippen molar-refractivity contribution >= 4 is 5.97 Å². The lowest BCUT2D eigenvalue weighted by atomic mass is 9.97. The van der Waals surface area contributed by atoms with Crippen LogP contribution < -0.4 is 0 Å². The number of carbonyl (C=O) groups excluding carboxylic acids is 1. The average Bonchev–Trinajstić information content (AvgIpc) is 3.15. The first-order chi connectivity index (χ1) is 11.9. The largest absolute Gasteiger partial charge is 0.465 e. The van der Waals surface area contributed by atoms with Crippen molar-refractivity contribution in [2.45, 2.75) is 77.3 Å². The second kappa shape index (κ2) is 7.46. The van der Waals surface area contributed by atoms with E-state index in [4.69, 9.17) is 14.2 Å². The summed E-state index contributed by atoms with van der Waals surface area (Å²) in [5.74, 6) is -0.570. The summed E-state index contributed by atoms with van der Waals surface area (Å²) in [6.07, 6.45) is 5.77. The molecule has 1 heterocycles. The standard InChI is InChI=1S/C21H30O4/c1-20(2,3)19(22)23-14-11-17-18(15-16-9-5-4-6-10-16)25-21(24-17)12-7-8-13-21/h4-6,9-10,17-18H,7-8,11-15H2,1-3H3. The van der Waals surface area contributed by atoms with Gasteiger partial charge in [-0.25, -0.2) is 0 Å². The van der Waals surface area contributed by atoms with Gasteiger partial charge in [0.25, 0.3) is 0 Å². The molecule has 2 fully saturated rings. The van der Waals surface area contributed by atoms with E-state index in [1.54, 1.807) is 0 Å². The van der Waals surface area contributed by atoms with Crippen LogP contribution in [0.1, 0.15) is 58.4 Å². The molecule has 1 aliphatic heterocycles. The van der Waals surface area contributed by atoms with Gasteiger partial charge in [0.15, 0.2) is 5.79 Å². The van der Waals surface area contributed by atoms with Gasteiger partial charge in [-0.15, -0.1) is 0 Å². The van der Waals surface area contributed by atoms with Crippen LogP contribution in [0.4, 0.5) is 0 Å². The monoisotopic (exact) mass is 346 g/mol. The Bertz CT molecular complexity index is 569. The third kappa shape index (κ3) is 4.62. The van der Waals surface area contributed by atoms with Gasteiger partial charge in [0.05, 0.1) is 24.2 Å². The SMILES string of the molecule is CC(C)(C)C(=O)OCCC1OC2(CCCC2)OC1Cc1ccccc1. The molecule has 4 nitrogen and oxygen atoms in total. The Morgan fingerprint density at radius 2 is 1.76 bits per heavy atom. The minimum atomic E-state index is -0.469. The molecule has 1 aliphatic carbocycles. The van der Waals surface area contributed by atoms with Crippen LogP contribution in [-0.4, -0.2) is 30.6 Å². The van der Waals surface area contributed by atoms with Crippen LogP contribution in [0.25, 0.3) is 0 Å². The van der Waals surface area contributed by atoms with Gasteiger partial charge in [0.2, 0.25) is 0 Å². The van der Waals surface area contributed by atoms with Gasteiger partial charge in [0.1, 0.15) is 0 Å². The topological polar surface area (TPSA) is 44.8 Å². The zero-order chi connectivity index (χ0) is 17.9. The third-order valence-corrected chi connectivity index (χ3v) is 5.04. The molecule has 1 aromatic rings. The first-order valence-electron chi connectivity index (χ1n) is 9.45. The number of rotatable bonds is 5. The van der Waals surface area contributed by atoms with Crippen LogP contribution in [0.3, 0.4) is 0 Å². The van der Waals surface area contributed by atoms with Gasteiger partial charge < -0.3 is 14.2 Å². The zero-order valence-electron chi connectivity index (χ0n) is 15.6. The molecule has 0 bridgehead atoms. The Labute approximate surface area is 150 Å². The smallest absolute Gasteiger partial charge is 0.311 e.